The molecule has 0 saturated carbocycles. The van der Waals surface area contributed by atoms with Gasteiger partial charge in [-0.3, -0.25) is 14.4 Å². The first-order valence-electron chi connectivity index (χ1n) is 34.9. The molecule has 1 rings (SSSR count). The minimum absolute atomic E-state index is 0.0537. The van der Waals surface area contributed by atoms with Crippen molar-refractivity contribution in [3.8, 4) is 0 Å². The molecule has 85 heavy (non-hydrogen) atoms. The number of ether oxygens (including phenoxy) is 5. The van der Waals surface area contributed by atoms with Gasteiger partial charge in [0.2, 0.25) is 0 Å². The van der Waals surface area contributed by atoms with Crippen LogP contribution in [0.25, 0.3) is 0 Å². The fraction of sp³-hybridized carbons (Fsp3) is 0.781. The molecule has 0 amide bonds. The van der Waals surface area contributed by atoms with Crippen LogP contribution in [0.1, 0.15) is 316 Å². The van der Waals surface area contributed by atoms with E-state index in [0.29, 0.717) is 19.3 Å². The Morgan fingerprint density at radius 1 is 0.400 bits per heavy atom. The number of hydrogen-bond acceptors (Lipinski definition) is 11. The van der Waals surface area contributed by atoms with E-state index in [0.717, 1.165) is 122 Å². The molecule has 1 aliphatic rings. The molecule has 12 nitrogen and oxygen atoms in total. The number of aliphatic hydroxyl groups is 2. The highest BCUT2D eigenvalue weighted by atomic mass is 16.7. The number of rotatable bonds is 60. The third-order valence-electron chi connectivity index (χ3n) is 15.7. The molecule has 1 fully saturated rings. The molecule has 1 aliphatic heterocycles. The lowest BCUT2D eigenvalue weighted by molar-refractivity contribution is -0.301. The van der Waals surface area contributed by atoms with E-state index in [1.54, 1.807) is 0 Å². The maximum atomic E-state index is 13.2. The van der Waals surface area contributed by atoms with Gasteiger partial charge in [0.05, 0.1) is 6.61 Å². The van der Waals surface area contributed by atoms with E-state index in [1.807, 2.05) is 0 Å². The van der Waals surface area contributed by atoms with Crippen molar-refractivity contribution < 1.29 is 58.2 Å². The number of carbonyl (C=O) groups excluding carboxylic acids is 3. The van der Waals surface area contributed by atoms with Gasteiger partial charge in [0.25, 0.3) is 0 Å². The Hall–Kier alpha value is -3.84. The van der Waals surface area contributed by atoms with Crippen LogP contribution in [0.4, 0.5) is 0 Å². The van der Waals surface area contributed by atoms with Crippen molar-refractivity contribution in [3.05, 3.63) is 72.9 Å². The van der Waals surface area contributed by atoms with Crippen LogP contribution in [0, 0.1) is 0 Å². The van der Waals surface area contributed by atoms with E-state index >= 15 is 0 Å². The summed E-state index contributed by atoms with van der Waals surface area (Å²) in [5, 5.41) is 31.7. The number of allylic oxidation sites excluding steroid dienone is 12. The molecule has 0 bridgehead atoms. The van der Waals surface area contributed by atoms with Crippen molar-refractivity contribution in [3.63, 3.8) is 0 Å². The minimum atomic E-state index is -1.91. The normalized spacial score (nSPS) is 17.9. The van der Waals surface area contributed by atoms with Crippen LogP contribution in [0.15, 0.2) is 72.9 Å². The third-order valence-corrected chi connectivity index (χ3v) is 15.7. The van der Waals surface area contributed by atoms with E-state index < -0.39 is 67.3 Å². The maximum absolute atomic E-state index is 13.2. The molecule has 6 atom stereocenters. The zero-order chi connectivity index (χ0) is 61.7. The van der Waals surface area contributed by atoms with Crippen molar-refractivity contribution in [1.82, 2.24) is 0 Å². The monoisotopic (exact) mass is 1190 g/mol. The Morgan fingerprint density at radius 3 is 1.14 bits per heavy atom. The third kappa shape index (κ3) is 49.8. The number of carboxylic acid groups (broad SMARTS) is 1. The smallest absolute Gasteiger partial charge is 0.335 e. The molecule has 1 heterocycles. The van der Waals surface area contributed by atoms with Gasteiger partial charge in [-0.2, -0.15) is 0 Å². The summed E-state index contributed by atoms with van der Waals surface area (Å²) in [5.74, 6) is -3.12. The van der Waals surface area contributed by atoms with Gasteiger partial charge >= 0.3 is 23.9 Å². The van der Waals surface area contributed by atoms with Crippen molar-refractivity contribution in [2.24, 2.45) is 0 Å². The van der Waals surface area contributed by atoms with E-state index in [9.17, 15) is 34.5 Å². The summed E-state index contributed by atoms with van der Waals surface area (Å²) in [4.78, 5) is 51.5. The van der Waals surface area contributed by atoms with Crippen LogP contribution < -0.4 is 0 Å². The van der Waals surface area contributed by atoms with Crippen LogP contribution in [0.5, 0.6) is 0 Å². The molecule has 12 heteroatoms. The zero-order valence-corrected chi connectivity index (χ0v) is 54.3. The number of unbranched alkanes of at least 4 members (excludes halogenated alkanes) is 34. The first-order valence-corrected chi connectivity index (χ1v) is 34.9. The van der Waals surface area contributed by atoms with Crippen molar-refractivity contribution in [1.29, 1.82) is 0 Å². The Balaban J connectivity index is 2.65. The molecule has 6 unspecified atom stereocenters. The second-order valence-corrected chi connectivity index (χ2v) is 23.8. The maximum Gasteiger partial charge on any atom is 0.335 e. The van der Waals surface area contributed by atoms with Crippen LogP contribution in [0.3, 0.4) is 0 Å². The van der Waals surface area contributed by atoms with Gasteiger partial charge in [-0.15, -0.1) is 0 Å². The van der Waals surface area contributed by atoms with Crippen molar-refractivity contribution >= 4 is 23.9 Å². The van der Waals surface area contributed by atoms with Crippen LogP contribution in [0.2, 0.25) is 0 Å². The fourth-order valence-corrected chi connectivity index (χ4v) is 10.4. The SMILES string of the molecule is CC/C=C\C/C=C\C/C=C\C/C=C\CCCCCCCCC(=O)OCC(COC1OC(C(=O)O)C(O)C(O)C1OC(=O)CCCCCCCCC/C=C\CCCCCCCC)OC(=O)CCCCCCCCCCC/C=C\CCCCCCCC. The lowest BCUT2D eigenvalue weighted by Crippen LogP contribution is -2.61. The molecule has 0 aromatic rings. The Morgan fingerprint density at radius 2 is 0.741 bits per heavy atom. The lowest BCUT2D eigenvalue weighted by Gasteiger charge is -2.40. The minimum Gasteiger partial charge on any atom is -0.479 e. The molecule has 1 saturated heterocycles. The summed E-state index contributed by atoms with van der Waals surface area (Å²) >= 11 is 0. The Bertz CT molecular complexity index is 1750. The van der Waals surface area contributed by atoms with Gasteiger partial charge in [0.15, 0.2) is 24.6 Å². The number of esters is 3. The molecule has 3 N–H and O–H groups in total. The summed E-state index contributed by atoms with van der Waals surface area (Å²) in [7, 11) is 0. The van der Waals surface area contributed by atoms with E-state index in [-0.39, 0.29) is 25.9 Å². The van der Waals surface area contributed by atoms with E-state index in [2.05, 4.69) is 93.7 Å². The zero-order valence-electron chi connectivity index (χ0n) is 54.3. The van der Waals surface area contributed by atoms with Crippen LogP contribution in [-0.4, -0.2) is 89.2 Å². The highest BCUT2D eigenvalue weighted by molar-refractivity contribution is 5.74. The Labute approximate surface area is 518 Å². The van der Waals surface area contributed by atoms with Gasteiger partial charge in [0, 0.05) is 19.3 Å². The number of aliphatic carboxylic acids is 1. The predicted molar refractivity (Wildman–Crippen MR) is 349 cm³/mol. The summed E-state index contributed by atoms with van der Waals surface area (Å²) in [6.07, 6.45) is 65.6. The van der Waals surface area contributed by atoms with Gasteiger partial charge in [-0.1, -0.05) is 261 Å². The molecule has 490 valence electrons. The summed E-state index contributed by atoms with van der Waals surface area (Å²) in [6.45, 7) is 5.91. The molecular weight excluding hydrogens is 1070 g/mol. The fourth-order valence-electron chi connectivity index (χ4n) is 10.4. The van der Waals surface area contributed by atoms with Gasteiger partial charge < -0.3 is 39.0 Å². The van der Waals surface area contributed by atoms with Gasteiger partial charge in [-0.05, 0) is 109 Å². The predicted octanol–water partition coefficient (Wildman–Crippen LogP) is 19.2. The highest BCUT2D eigenvalue weighted by Crippen LogP contribution is 2.27. The lowest BCUT2D eigenvalue weighted by atomic mass is 9.98. The quantitative estimate of drug-likeness (QED) is 0.0228. The largest absolute Gasteiger partial charge is 0.479 e. The second-order valence-electron chi connectivity index (χ2n) is 23.8. The second kappa shape index (κ2) is 60.4. The highest BCUT2D eigenvalue weighted by Gasteiger charge is 2.50. The Kier molecular flexibility index (Phi) is 56.3. The molecule has 0 radical (unpaired) electrons. The first kappa shape index (κ1) is 79.2. The van der Waals surface area contributed by atoms with Gasteiger partial charge in [-0.25, -0.2) is 4.79 Å². The van der Waals surface area contributed by atoms with Gasteiger partial charge in [0.1, 0.15) is 18.8 Å². The van der Waals surface area contributed by atoms with Crippen LogP contribution in [-0.2, 0) is 42.9 Å². The number of carboxylic acids is 1. The number of carbonyl (C=O) groups is 4. The molecular formula is C73H126O12. The number of hydrogen-bond donors (Lipinski definition) is 3. The number of aliphatic hydroxyl groups excluding tert-OH is 2. The standard InChI is InChI=1S/C73H126O12/c1-4-7-10-13-16-19-22-25-28-31-33-36-38-41-44-47-50-53-56-59-65(74)81-62-64(83-66(75)60-57-54-51-48-45-42-40-37-34-32-29-26-23-20-17-14-11-8-5-2)63-82-73-71(69(78)68(77)70(85-73)72(79)80)84-67(76)61-58-55-52-49-46-43-39-35-30-27-24-21-18-15-12-9-6-3/h7,10,16,19,25-30,33,36,64,68-71,73,77-78H,4-6,8-9,11-15,17-18,20-24,31-32,34-35,37-63H2,1-3H3,(H,79,80)/b10-7-,19-16-,28-25-,29-26-,30-27-,36-33-. The molecule has 0 spiro atoms. The van der Waals surface area contributed by atoms with E-state index in [4.69, 9.17) is 23.7 Å². The molecule has 0 aliphatic carbocycles. The summed E-state index contributed by atoms with van der Waals surface area (Å²) in [6, 6.07) is 0. The van der Waals surface area contributed by atoms with Crippen LogP contribution >= 0.6 is 0 Å². The first-order chi connectivity index (χ1) is 41.6. The van der Waals surface area contributed by atoms with E-state index in [1.165, 1.54) is 135 Å². The molecule has 0 aromatic heterocycles. The average molecular weight is 1200 g/mol. The van der Waals surface area contributed by atoms with Crippen molar-refractivity contribution in [2.75, 3.05) is 13.2 Å². The summed E-state index contributed by atoms with van der Waals surface area (Å²) < 4.78 is 28.6. The van der Waals surface area contributed by atoms with Crippen molar-refractivity contribution in [2.45, 2.75) is 353 Å². The summed E-state index contributed by atoms with van der Waals surface area (Å²) in [5.41, 5.74) is 0. The topological polar surface area (TPSA) is 175 Å². The molecule has 0 aromatic carbocycles. The average Bonchev–Trinajstić information content (AvgIpc) is 3.46.